The predicted molar refractivity (Wildman–Crippen MR) is 76.4 cm³/mol. The number of benzene rings is 1. The van der Waals surface area contributed by atoms with Crippen molar-refractivity contribution in [1.29, 1.82) is 0 Å². The van der Waals surface area contributed by atoms with Crippen LogP contribution in [-0.4, -0.2) is 28.3 Å². The summed E-state index contributed by atoms with van der Waals surface area (Å²) >= 11 is 1.44. The van der Waals surface area contributed by atoms with Crippen LogP contribution in [0.2, 0.25) is 0 Å². The van der Waals surface area contributed by atoms with E-state index in [0.29, 0.717) is 5.75 Å². The summed E-state index contributed by atoms with van der Waals surface area (Å²) in [5.74, 6) is -0.493. The van der Waals surface area contributed by atoms with Crippen molar-refractivity contribution >= 4 is 23.6 Å². The van der Waals surface area contributed by atoms with Gasteiger partial charge in [-0.3, -0.25) is 9.59 Å². The van der Waals surface area contributed by atoms with Gasteiger partial charge in [-0.15, -0.1) is 11.8 Å². The summed E-state index contributed by atoms with van der Waals surface area (Å²) in [5, 5.41) is 11.6. The molecular weight excluding hydrogens is 262 g/mol. The van der Waals surface area contributed by atoms with E-state index in [0.717, 1.165) is 10.5 Å². The average molecular weight is 281 g/mol. The molecule has 0 aliphatic carbocycles. The van der Waals surface area contributed by atoms with E-state index in [4.69, 9.17) is 5.11 Å². The van der Waals surface area contributed by atoms with Gasteiger partial charge in [-0.1, -0.05) is 12.1 Å². The molecule has 1 rings (SSSR count). The fourth-order valence-corrected chi connectivity index (χ4v) is 2.18. The van der Waals surface area contributed by atoms with Crippen LogP contribution >= 0.6 is 11.8 Å². The standard InChI is InChI=1S/C14H19NO3S/c1-14(2,3)15-12(16)9-19-11-6-4-10(5-7-11)8-13(17)18/h4-7H,8-9H2,1-3H3,(H,15,16)(H,17,18). The van der Waals surface area contributed by atoms with Crippen molar-refractivity contribution in [1.82, 2.24) is 5.32 Å². The number of carboxylic acid groups (broad SMARTS) is 1. The van der Waals surface area contributed by atoms with Gasteiger partial charge in [0.1, 0.15) is 0 Å². The molecule has 0 heterocycles. The van der Waals surface area contributed by atoms with Gasteiger partial charge in [0.25, 0.3) is 0 Å². The lowest BCUT2D eigenvalue weighted by Gasteiger charge is -2.20. The molecule has 0 spiro atoms. The SMILES string of the molecule is CC(C)(C)NC(=O)CSc1ccc(CC(=O)O)cc1. The summed E-state index contributed by atoms with van der Waals surface area (Å²) in [7, 11) is 0. The van der Waals surface area contributed by atoms with E-state index in [2.05, 4.69) is 5.32 Å². The van der Waals surface area contributed by atoms with Crippen molar-refractivity contribution in [2.24, 2.45) is 0 Å². The van der Waals surface area contributed by atoms with Crippen molar-refractivity contribution in [3.8, 4) is 0 Å². The molecule has 104 valence electrons. The Balaban J connectivity index is 2.46. The molecule has 1 aromatic rings. The number of amides is 1. The van der Waals surface area contributed by atoms with Crippen LogP contribution in [0.3, 0.4) is 0 Å². The average Bonchev–Trinajstić information content (AvgIpc) is 2.25. The van der Waals surface area contributed by atoms with Crippen molar-refractivity contribution in [2.45, 2.75) is 37.6 Å². The van der Waals surface area contributed by atoms with Gasteiger partial charge in [0.05, 0.1) is 12.2 Å². The Labute approximate surface area is 117 Å². The fourth-order valence-electron chi connectivity index (χ4n) is 1.48. The summed E-state index contributed by atoms with van der Waals surface area (Å²) in [5.41, 5.74) is 0.541. The predicted octanol–water partition coefficient (Wildman–Crippen LogP) is 2.32. The Morgan fingerprint density at radius 3 is 2.26 bits per heavy atom. The van der Waals surface area contributed by atoms with Crippen LogP contribution in [0.15, 0.2) is 29.2 Å². The summed E-state index contributed by atoms with van der Waals surface area (Å²) in [6, 6.07) is 7.23. The van der Waals surface area contributed by atoms with Crippen molar-refractivity contribution in [3.63, 3.8) is 0 Å². The molecule has 1 amide bonds. The van der Waals surface area contributed by atoms with E-state index in [1.54, 1.807) is 12.1 Å². The molecule has 0 radical (unpaired) electrons. The van der Waals surface area contributed by atoms with Crippen LogP contribution in [0.5, 0.6) is 0 Å². The molecule has 0 unspecified atom stereocenters. The number of thioether (sulfide) groups is 1. The maximum atomic E-state index is 11.6. The molecule has 1 aromatic carbocycles. The second-order valence-electron chi connectivity index (χ2n) is 5.30. The van der Waals surface area contributed by atoms with Gasteiger partial charge in [0.15, 0.2) is 0 Å². The first-order valence-corrected chi connectivity index (χ1v) is 6.99. The first-order valence-electron chi connectivity index (χ1n) is 6.01. The van der Waals surface area contributed by atoms with Crippen molar-refractivity contribution in [2.75, 3.05) is 5.75 Å². The van der Waals surface area contributed by atoms with E-state index < -0.39 is 5.97 Å². The summed E-state index contributed by atoms with van der Waals surface area (Å²) in [6.07, 6.45) is 0.0233. The maximum Gasteiger partial charge on any atom is 0.307 e. The largest absolute Gasteiger partial charge is 0.481 e. The molecule has 4 nitrogen and oxygen atoms in total. The molecule has 0 aliphatic heterocycles. The Morgan fingerprint density at radius 2 is 1.79 bits per heavy atom. The van der Waals surface area contributed by atoms with E-state index in [1.807, 2.05) is 32.9 Å². The Bertz CT molecular complexity index is 449. The minimum Gasteiger partial charge on any atom is -0.481 e. The molecule has 19 heavy (non-hydrogen) atoms. The lowest BCUT2D eigenvalue weighted by Crippen LogP contribution is -2.41. The Morgan fingerprint density at radius 1 is 1.21 bits per heavy atom. The van der Waals surface area contributed by atoms with Crippen LogP contribution in [0, 0.1) is 0 Å². The number of hydrogen-bond donors (Lipinski definition) is 2. The molecule has 0 saturated carbocycles. The number of nitrogens with one attached hydrogen (secondary N) is 1. The van der Waals surface area contributed by atoms with E-state index in [9.17, 15) is 9.59 Å². The van der Waals surface area contributed by atoms with E-state index in [-0.39, 0.29) is 17.9 Å². The van der Waals surface area contributed by atoms with Crippen LogP contribution in [0.1, 0.15) is 26.3 Å². The van der Waals surface area contributed by atoms with Gasteiger partial charge in [-0.05, 0) is 38.5 Å². The minimum absolute atomic E-state index is 0.00730. The van der Waals surface area contributed by atoms with E-state index in [1.165, 1.54) is 11.8 Å². The highest BCUT2D eigenvalue weighted by molar-refractivity contribution is 8.00. The molecule has 0 fully saturated rings. The molecule has 0 saturated heterocycles. The fraction of sp³-hybridized carbons (Fsp3) is 0.429. The summed E-state index contributed by atoms with van der Waals surface area (Å²) < 4.78 is 0. The number of hydrogen-bond acceptors (Lipinski definition) is 3. The first-order chi connectivity index (χ1) is 8.76. The zero-order valence-corrected chi connectivity index (χ0v) is 12.2. The van der Waals surface area contributed by atoms with Gasteiger partial charge in [0, 0.05) is 10.4 Å². The molecular formula is C14H19NO3S. The molecule has 0 aliphatic rings. The van der Waals surface area contributed by atoms with Gasteiger partial charge >= 0.3 is 5.97 Å². The minimum atomic E-state index is -0.843. The number of carbonyl (C=O) groups excluding carboxylic acids is 1. The molecule has 0 bridgehead atoms. The molecule has 0 aromatic heterocycles. The third kappa shape index (κ3) is 6.86. The Hall–Kier alpha value is -1.49. The van der Waals surface area contributed by atoms with Crippen LogP contribution in [0.25, 0.3) is 0 Å². The molecule has 5 heteroatoms. The smallest absolute Gasteiger partial charge is 0.307 e. The zero-order chi connectivity index (χ0) is 14.5. The van der Waals surface area contributed by atoms with Gasteiger partial charge in [0.2, 0.25) is 5.91 Å². The second-order valence-corrected chi connectivity index (χ2v) is 6.35. The highest BCUT2D eigenvalue weighted by atomic mass is 32.2. The van der Waals surface area contributed by atoms with Crippen LogP contribution < -0.4 is 5.32 Å². The maximum absolute atomic E-state index is 11.6. The number of aliphatic carboxylic acids is 1. The summed E-state index contributed by atoms with van der Waals surface area (Å²) in [6.45, 7) is 5.82. The highest BCUT2D eigenvalue weighted by Gasteiger charge is 2.13. The first kappa shape index (κ1) is 15.6. The number of rotatable bonds is 5. The lowest BCUT2D eigenvalue weighted by atomic mass is 10.1. The quantitative estimate of drug-likeness (QED) is 0.813. The third-order valence-electron chi connectivity index (χ3n) is 2.16. The van der Waals surface area contributed by atoms with Crippen LogP contribution in [-0.2, 0) is 16.0 Å². The highest BCUT2D eigenvalue weighted by Crippen LogP contribution is 2.18. The van der Waals surface area contributed by atoms with Gasteiger partial charge in [-0.25, -0.2) is 0 Å². The lowest BCUT2D eigenvalue weighted by molar-refractivity contribution is -0.136. The van der Waals surface area contributed by atoms with Gasteiger partial charge in [-0.2, -0.15) is 0 Å². The molecule has 0 atom stereocenters. The topological polar surface area (TPSA) is 66.4 Å². The molecule has 2 N–H and O–H groups in total. The van der Waals surface area contributed by atoms with Crippen LogP contribution in [0.4, 0.5) is 0 Å². The van der Waals surface area contributed by atoms with Crippen molar-refractivity contribution < 1.29 is 14.7 Å². The number of carbonyl (C=O) groups is 2. The monoisotopic (exact) mass is 281 g/mol. The van der Waals surface area contributed by atoms with Gasteiger partial charge < -0.3 is 10.4 Å². The second kappa shape index (κ2) is 6.61. The Kier molecular flexibility index (Phi) is 5.42. The summed E-state index contributed by atoms with van der Waals surface area (Å²) in [4.78, 5) is 23.1. The number of carboxylic acids is 1. The normalized spacial score (nSPS) is 11.1. The third-order valence-corrected chi connectivity index (χ3v) is 3.18. The van der Waals surface area contributed by atoms with Crippen molar-refractivity contribution in [3.05, 3.63) is 29.8 Å². The van der Waals surface area contributed by atoms with E-state index >= 15 is 0 Å². The zero-order valence-electron chi connectivity index (χ0n) is 11.4.